The average molecular weight is 318 g/mol. The van der Waals surface area contributed by atoms with E-state index < -0.39 is 28.0 Å². The lowest BCUT2D eigenvalue weighted by atomic mass is 10.1. The third-order valence-electron chi connectivity index (χ3n) is 2.52. The first-order valence-electron chi connectivity index (χ1n) is 6.11. The molecule has 0 unspecified atom stereocenters. The predicted molar refractivity (Wildman–Crippen MR) is 77.5 cm³/mol. The van der Waals surface area contributed by atoms with Gasteiger partial charge in [-0.25, -0.2) is 9.18 Å². The first-order valence-corrected chi connectivity index (χ1v) is 7.26. The number of nitro groups is 1. The van der Waals surface area contributed by atoms with Crippen molar-refractivity contribution in [2.45, 2.75) is 6.42 Å². The number of carboxylic acids is 1. The molecule has 1 aromatic rings. The van der Waals surface area contributed by atoms with Crippen molar-refractivity contribution >= 4 is 29.1 Å². The Labute approximate surface area is 124 Å². The van der Waals surface area contributed by atoms with E-state index in [0.29, 0.717) is 24.8 Å². The summed E-state index contributed by atoms with van der Waals surface area (Å²) in [7, 11) is 0. The first kappa shape index (κ1) is 17.2. The van der Waals surface area contributed by atoms with Gasteiger partial charge in [0, 0.05) is 18.9 Å². The van der Waals surface area contributed by atoms with Crippen LogP contribution in [0.4, 0.5) is 15.8 Å². The topological polar surface area (TPSA) is 113 Å². The summed E-state index contributed by atoms with van der Waals surface area (Å²) in [6, 6.07) is 1.53. The van der Waals surface area contributed by atoms with Gasteiger partial charge in [-0.1, -0.05) is 0 Å². The Bertz CT molecular complexity index is 527. The highest BCUT2D eigenvalue weighted by atomic mass is 32.2. The van der Waals surface area contributed by atoms with E-state index in [1.165, 1.54) is 0 Å². The molecule has 21 heavy (non-hydrogen) atoms. The fraction of sp³-hybridized carbons (Fsp3) is 0.417. The minimum Gasteiger partial charge on any atom is -0.478 e. The second-order valence-corrected chi connectivity index (χ2v) is 5.25. The molecule has 1 rings (SSSR count). The lowest BCUT2D eigenvalue weighted by Crippen LogP contribution is -2.10. The van der Waals surface area contributed by atoms with Crippen LogP contribution in [0.5, 0.6) is 0 Å². The van der Waals surface area contributed by atoms with E-state index >= 15 is 0 Å². The number of benzene rings is 1. The third-order valence-corrected chi connectivity index (χ3v) is 3.59. The van der Waals surface area contributed by atoms with Crippen molar-refractivity contribution in [1.82, 2.24) is 0 Å². The van der Waals surface area contributed by atoms with Gasteiger partial charge in [0.25, 0.3) is 5.69 Å². The zero-order valence-electron chi connectivity index (χ0n) is 11.0. The summed E-state index contributed by atoms with van der Waals surface area (Å²) in [6.45, 7) is 0.466. The van der Waals surface area contributed by atoms with Crippen LogP contribution in [0.25, 0.3) is 0 Å². The lowest BCUT2D eigenvalue weighted by molar-refractivity contribution is -0.384. The van der Waals surface area contributed by atoms with Crippen LogP contribution in [0.2, 0.25) is 0 Å². The van der Waals surface area contributed by atoms with E-state index in [0.717, 1.165) is 11.8 Å². The third kappa shape index (κ3) is 5.20. The number of anilines is 1. The molecular formula is C12H15FN2O5S. The quantitative estimate of drug-likeness (QED) is 0.362. The predicted octanol–water partition coefficient (Wildman–Crippen LogP) is 1.96. The summed E-state index contributed by atoms with van der Waals surface area (Å²) in [4.78, 5) is 20.9. The molecule has 0 aliphatic rings. The highest BCUT2D eigenvalue weighted by molar-refractivity contribution is 7.99. The molecule has 0 atom stereocenters. The molecule has 116 valence electrons. The Morgan fingerprint density at radius 3 is 2.71 bits per heavy atom. The molecular weight excluding hydrogens is 303 g/mol. The molecule has 0 amide bonds. The van der Waals surface area contributed by atoms with Gasteiger partial charge in [0.1, 0.15) is 11.5 Å². The van der Waals surface area contributed by atoms with Gasteiger partial charge in [-0.2, -0.15) is 11.8 Å². The van der Waals surface area contributed by atoms with Gasteiger partial charge in [-0.15, -0.1) is 0 Å². The van der Waals surface area contributed by atoms with Crippen molar-refractivity contribution in [3.8, 4) is 0 Å². The van der Waals surface area contributed by atoms with Gasteiger partial charge in [0.2, 0.25) is 0 Å². The van der Waals surface area contributed by atoms with Gasteiger partial charge < -0.3 is 15.5 Å². The number of carbonyl (C=O) groups is 1. The van der Waals surface area contributed by atoms with E-state index in [-0.39, 0.29) is 12.3 Å². The number of aliphatic hydroxyl groups is 1. The number of nitrogens with one attached hydrogen (secondary N) is 1. The summed E-state index contributed by atoms with van der Waals surface area (Å²) in [5, 5.41) is 31.0. The highest BCUT2D eigenvalue weighted by Crippen LogP contribution is 2.27. The molecule has 0 aromatic heterocycles. The summed E-state index contributed by atoms with van der Waals surface area (Å²) in [6.07, 6.45) is 0.657. The summed E-state index contributed by atoms with van der Waals surface area (Å²) in [5.74, 6) is -1.25. The molecule has 0 aliphatic carbocycles. The number of aromatic carboxylic acids is 1. The number of thioether (sulfide) groups is 1. The van der Waals surface area contributed by atoms with Crippen molar-refractivity contribution in [2.24, 2.45) is 0 Å². The zero-order chi connectivity index (χ0) is 15.8. The number of hydrogen-bond acceptors (Lipinski definition) is 6. The van der Waals surface area contributed by atoms with Crippen molar-refractivity contribution in [3.63, 3.8) is 0 Å². The van der Waals surface area contributed by atoms with E-state index in [9.17, 15) is 19.3 Å². The minimum atomic E-state index is -1.48. The molecule has 1 aromatic carbocycles. The molecule has 0 fully saturated rings. The smallest absolute Gasteiger partial charge is 0.338 e. The lowest BCUT2D eigenvalue weighted by Gasteiger charge is -2.08. The number of aliphatic hydroxyl groups excluding tert-OH is 1. The Morgan fingerprint density at radius 1 is 1.43 bits per heavy atom. The SMILES string of the molecule is O=C(O)c1cc(NCCSCCCO)c([N+](=O)[O-])cc1F. The molecule has 7 nitrogen and oxygen atoms in total. The standard InChI is InChI=1S/C12H15FN2O5S/c13-9-7-11(15(19)20)10(6-8(9)12(17)18)14-2-5-21-4-1-3-16/h6-7,14,16H,1-5H2,(H,17,18). The van der Waals surface area contributed by atoms with Crippen LogP contribution in [0.3, 0.4) is 0 Å². The van der Waals surface area contributed by atoms with Gasteiger partial charge in [-0.3, -0.25) is 10.1 Å². The van der Waals surface area contributed by atoms with Gasteiger partial charge >= 0.3 is 5.97 Å². The Balaban J connectivity index is 2.76. The maximum absolute atomic E-state index is 13.4. The number of carboxylic acid groups (broad SMARTS) is 1. The monoisotopic (exact) mass is 318 g/mol. The molecule has 3 N–H and O–H groups in total. The fourth-order valence-electron chi connectivity index (χ4n) is 1.55. The van der Waals surface area contributed by atoms with Crippen molar-refractivity contribution in [3.05, 3.63) is 33.6 Å². The van der Waals surface area contributed by atoms with Crippen LogP contribution < -0.4 is 5.32 Å². The van der Waals surface area contributed by atoms with Crippen LogP contribution in [-0.2, 0) is 0 Å². The van der Waals surface area contributed by atoms with Crippen molar-refractivity contribution in [2.75, 3.05) is 30.0 Å². The Kier molecular flexibility index (Phi) is 6.89. The summed E-state index contributed by atoms with van der Waals surface area (Å²) in [5.41, 5.74) is -1.14. The summed E-state index contributed by atoms with van der Waals surface area (Å²) >= 11 is 1.54. The number of nitrogens with zero attached hydrogens (tertiary/aromatic N) is 1. The van der Waals surface area contributed by atoms with Crippen LogP contribution in [0.15, 0.2) is 12.1 Å². The molecule has 0 bridgehead atoms. The van der Waals surface area contributed by atoms with Crippen LogP contribution in [0, 0.1) is 15.9 Å². The molecule has 9 heteroatoms. The molecule has 0 saturated heterocycles. The van der Waals surface area contributed by atoms with E-state index in [1.807, 2.05) is 0 Å². The zero-order valence-corrected chi connectivity index (χ0v) is 11.9. The molecule has 0 radical (unpaired) electrons. The van der Waals surface area contributed by atoms with E-state index in [1.54, 1.807) is 11.8 Å². The maximum atomic E-state index is 13.4. The van der Waals surface area contributed by atoms with Crippen LogP contribution in [-0.4, -0.2) is 45.8 Å². The largest absolute Gasteiger partial charge is 0.478 e. The molecule has 0 heterocycles. The minimum absolute atomic E-state index is 0.0263. The number of hydrogen-bond donors (Lipinski definition) is 3. The van der Waals surface area contributed by atoms with E-state index in [4.69, 9.17) is 10.2 Å². The highest BCUT2D eigenvalue weighted by Gasteiger charge is 2.21. The second kappa shape index (κ2) is 8.42. The second-order valence-electron chi connectivity index (χ2n) is 4.03. The normalized spacial score (nSPS) is 10.4. The van der Waals surface area contributed by atoms with Gasteiger partial charge in [-0.05, 0) is 18.2 Å². The van der Waals surface area contributed by atoms with E-state index in [2.05, 4.69) is 5.32 Å². The molecule has 0 aliphatic heterocycles. The Hall–Kier alpha value is -1.87. The molecule has 0 saturated carbocycles. The number of nitro benzene ring substituents is 1. The van der Waals surface area contributed by atoms with Gasteiger partial charge in [0.15, 0.2) is 0 Å². The molecule has 0 spiro atoms. The van der Waals surface area contributed by atoms with Gasteiger partial charge in [0.05, 0.1) is 16.6 Å². The van der Waals surface area contributed by atoms with Crippen LogP contribution in [0.1, 0.15) is 16.8 Å². The number of rotatable bonds is 9. The van der Waals surface area contributed by atoms with Crippen molar-refractivity contribution < 1.29 is 24.3 Å². The first-order chi connectivity index (χ1) is 9.97. The average Bonchev–Trinajstić information content (AvgIpc) is 2.43. The van der Waals surface area contributed by atoms with Crippen molar-refractivity contribution in [1.29, 1.82) is 0 Å². The maximum Gasteiger partial charge on any atom is 0.338 e. The number of halogens is 1. The fourth-order valence-corrected chi connectivity index (χ4v) is 2.33. The summed E-state index contributed by atoms with van der Waals surface area (Å²) < 4.78 is 13.4. The van der Waals surface area contributed by atoms with Crippen LogP contribution >= 0.6 is 11.8 Å². The Morgan fingerprint density at radius 2 is 2.14 bits per heavy atom.